The van der Waals surface area contributed by atoms with Crippen molar-refractivity contribution in [2.75, 3.05) is 18.0 Å². The van der Waals surface area contributed by atoms with Gasteiger partial charge in [0.2, 0.25) is 5.91 Å². The highest BCUT2D eigenvalue weighted by Crippen LogP contribution is 2.49. The van der Waals surface area contributed by atoms with Crippen molar-refractivity contribution in [3.63, 3.8) is 0 Å². The van der Waals surface area contributed by atoms with Crippen LogP contribution in [0.2, 0.25) is 0 Å². The lowest BCUT2D eigenvalue weighted by molar-refractivity contribution is -0.119. The predicted molar refractivity (Wildman–Crippen MR) is 145 cm³/mol. The standard InChI is InChI=1S/C29H42N2O4S/c1-20(32)31(25-18-24(12-16-28(2,3)4)36-26(25)27(33)34)29(14-6-5-7-15-29)21-8-10-22(11-9-21)35-23-13-17-30-19-23/h18,21-23,30H,5-11,13-15,17,19H2,1-4H3,(H,33,34)/t21?,22?,23-/m0/s1. The molecule has 0 spiro atoms. The van der Waals surface area contributed by atoms with Gasteiger partial charge in [0.05, 0.1) is 28.3 Å². The molecule has 198 valence electrons. The first-order valence-corrected chi connectivity index (χ1v) is 14.5. The number of hydrogen-bond acceptors (Lipinski definition) is 5. The number of carbonyl (C=O) groups excluding carboxylic acids is 1. The molecule has 1 aromatic rings. The van der Waals surface area contributed by atoms with Gasteiger partial charge < -0.3 is 20.1 Å². The molecule has 0 radical (unpaired) electrons. The Kier molecular flexibility index (Phi) is 8.49. The minimum absolute atomic E-state index is 0.0667. The monoisotopic (exact) mass is 514 g/mol. The molecular formula is C29H42N2O4S. The second kappa shape index (κ2) is 11.2. The summed E-state index contributed by atoms with van der Waals surface area (Å²) in [6.45, 7) is 9.68. The van der Waals surface area contributed by atoms with Crippen LogP contribution in [-0.4, -0.2) is 47.8 Å². The predicted octanol–water partition coefficient (Wildman–Crippen LogP) is 5.84. The third-order valence-corrected chi connectivity index (χ3v) is 9.05. The molecule has 0 unspecified atom stereocenters. The number of hydrogen-bond donors (Lipinski definition) is 2. The van der Waals surface area contributed by atoms with E-state index in [1.807, 2.05) is 31.7 Å². The molecule has 7 heteroatoms. The Bertz CT molecular complexity index is 995. The van der Waals surface area contributed by atoms with E-state index in [0.29, 0.717) is 22.6 Å². The number of anilines is 1. The molecule has 2 heterocycles. The molecule has 1 amide bonds. The van der Waals surface area contributed by atoms with Gasteiger partial charge in [-0.2, -0.15) is 0 Å². The largest absolute Gasteiger partial charge is 0.477 e. The maximum Gasteiger partial charge on any atom is 0.348 e. The molecule has 0 aromatic carbocycles. The third kappa shape index (κ3) is 6.15. The molecule has 2 aliphatic carbocycles. The zero-order chi connectivity index (χ0) is 25.9. The van der Waals surface area contributed by atoms with Crippen molar-refractivity contribution in [2.24, 2.45) is 11.3 Å². The van der Waals surface area contributed by atoms with Gasteiger partial charge in [-0.25, -0.2) is 4.79 Å². The number of carbonyl (C=O) groups is 2. The van der Waals surface area contributed by atoms with Crippen LogP contribution in [0.1, 0.15) is 106 Å². The van der Waals surface area contributed by atoms with Crippen molar-refractivity contribution >= 4 is 28.9 Å². The van der Waals surface area contributed by atoms with E-state index in [1.165, 1.54) is 17.8 Å². The summed E-state index contributed by atoms with van der Waals surface area (Å²) >= 11 is 1.19. The van der Waals surface area contributed by atoms with E-state index in [0.717, 1.165) is 70.9 Å². The fourth-order valence-electron chi connectivity index (χ4n) is 6.47. The highest BCUT2D eigenvalue weighted by atomic mass is 32.1. The normalized spacial score (nSPS) is 26.2. The zero-order valence-corrected chi connectivity index (χ0v) is 23.1. The van der Waals surface area contributed by atoms with Gasteiger partial charge >= 0.3 is 5.97 Å². The first-order chi connectivity index (χ1) is 17.1. The van der Waals surface area contributed by atoms with Crippen LogP contribution in [0.4, 0.5) is 5.69 Å². The highest BCUT2D eigenvalue weighted by Gasteiger charge is 2.48. The van der Waals surface area contributed by atoms with Crippen LogP contribution >= 0.6 is 11.3 Å². The van der Waals surface area contributed by atoms with E-state index >= 15 is 0 Å². The number of aromatic carboxylic acids is 1. The summed E-state index contributed by atoms with van der Waals surface area (Å²) in [5, 5.41) is 13.5. The van der Waals surface area contributed by atoms with E-state index in [1.54, 1.807) is 6.92 Å². The lowest BCUT2D eigenvalue weighted by Crippen LogP contribution is -2.58. The molecule has 1 aromatic heterocycles. The van der Waals surface area contributed by atoms with Crippen molar-refractivity contribution < 1.29 is 19.4 Å². The number of nitrogens with one attached hydrogen (secondary N) is 1. The number of amides is 1. The molecule has 2 saturated carbocycles. The smallest absolute Gasteiger partial charge is 0.348 e. The summed E-state index contributed by atoms with van der Waals surface area (Å²) in [5.41, 5.74) is 0.00738. The Labute approximate surface area is 220 Å². The lowest BCUT2D eigenvalue weighted by Gasteiger charge is -2.52. The number of ether oxygens (including phenoxy) is 1. The van der Waals surface area contributed by atoms with Gasteiger partial charge in [-0.3, -0.25) is 4.79 Å². The molecule has 1 atom stereocenters. The lowest BCUT2D eigenvalue weighted by atomic mass is 9.66. The number of carboxylic acid groups (broad SMARTS) is 1. The summed E-state index contributed by atoms with van der Waals surface area (Å²) in [6.07, 6.45) is 10.9. The van der Waals surface area contributed by atoms with Gasteiger partial charge in [-0.05, 0) is 84.2 Å². The van der Waals surface area contributed by atoms with E-state index < -0.39 is 5.97 Å². The molecule has 2 N–H and O–H groups in total. The van der Waals surface area contributed by atoms with Crippen molar-refractivity contribution in [1.29, 1.82) is 0 Å². The van der Waals surface area contributed by atoms with Gasteiger partial charge in [-0.15, -0.1) is 11.3 Å². The molecule has 0 bridgehead atoms. The summed E-state index contributed by atoms with van der Waals surface area (Å²) in [5.74, 6) is 5.68. The first-order valence-electron chi connectivity index (χ1n) is 13.7. The summed E-state index contributed by atoms with van der Waals surface area (Å²) in [7, 11) is 0. The van der Waals surface area contributed by atoms with Gasteiger partial charge in [0.25, 0.3) is 0 Å². The Balaban J connectivity index is 1.64. The molecule has 6 nitrogen and oxygen atoms in total. The van der Waals surface area contributed by atoms with E-state index in [4.69, 9.17) is 4.74 Å². The first kappa shape index (κ1) is 27.2. The molecular weight excluding hydrogens is 472 g/mol. The number of thiophene rings is 1. The van der Waals surface area contributed by atoms with Gasteiger partial charge in [0.1, 0.15) is 4.88 Å². The number of rotatable bonds is 6. The van der Waals surface area contributed by atoms with Gasteiger partial charge in [0, 0.05) is 18.9 Å². The minimum Gasteiger partial charge on any atom is -0.477 e. The number of carboxylic acids is 1. The minimum atomic E-state index is -0.988. The zero-order valence-electron chi connectivity index (χ0n) is 22.3. The van der Waals surface area contributed by atoms with Crippen LogP contribution in [0.25, 0.3) is 0 Å². The summed E-state index contributed by atoms with van der Waals surface area (Å²) in [4.78, 5) is 28.5. The topological polar surface area (TPSA) is 78.9 Å². The molecule has 36 heavy (non-hydrogen) atoms. The van der Waals surface area contributed by atoms with Crippen LogP contribution in [0.5, 0.6) is 0 Å². The second-order valence-electron chi connectivity index (χ2n) is 11.9. The molecule has 1 saturated heterocycles. The summed E-state index contributed by atoms with van der Waals surface area (Å²) in [6, 6.07) is 1.85. The van der Waals surface area contributed by atoms with E-state index in [2.05, 4.69) is 17.2 Å². The Hall–Kier alpha value is -1.88. The van der Waals surface area contributed by atoms with Crippen LogP contribution in [-0.2, 0) is 9.53 Å². The maximum atomic E-state index is 13.4. The maximum absolute atomic E-state index is 13.4. The molecule has 1 aliphatic heterocycles. The molecule has 4 rings (SSSR count). The van der Waals surface area contributed by atoms with E-state index in [9.17, 15) is 14.7 Å². The van der Waals surface area contributed by atoms with Crippen LogP contribution in [0.3, 0.4) is 0 Å². The summed E-state index contributed by atoms with van der Waals surface area (Å²) < 4.78 is 6.39. The SMILES string of the molecule is CC(=O)N(c1cc(C#CC(C)(C)C)sc1C(=O)O)C1(C2CCC(O[C@H]3CCNC3)CC2)CCCCC1. The Morgan fingerprint density at radius 1 is 1.11 bits per heavy atom. The van der Waals surface area contributed by atoms with Crippen molar-refractivity contribution in [3.05, 3.63) is 15.8 Å². The van der Waals surface area contributed by atoms with Crippen molar-refractivity contribution in [1.82, 2.24) is 5.32 Å². The highest BCUT2D eigenvalue weighted by molar-refractivity contribution is 7.15. The van der Waals surface area contributed by atoms with Gasteiger partial charge in [-0.1, -0.05) is 31.1 Å². The third-order valence-electron chi connectivity index (χ3n) is 8.02. The Morgan fingerprint density at radius 3 is 2.36 bits per heavy atom. The fourth-order valence-corrected chi connectivity index (χ4v) is 7.30. The quantitative estimate of drug-likeness (QED) is 0.467. The fraction of sp³-hybridized carbons (Fsp3) is 0.724. The second-order valence-corrected chi connectivity index (χ2v) is 12.9. The number of nitrogens with zero attached hydrogens (tertiary/aromatic N) is 1. The van der Waals surface area contributed by atoms with Crippen LogP contribution in [0, 0.1) is 23.2 Å². The molecule has 3 fully saturated rings. The van der Waals surface area contributed by atoms with Crippen LogP contribution < -0.4 is 10.2 Å². The van der Waals surface area contributed by atoms with Crippen molar-refractivity contribution in [2.45, 2.75) is 110 Å². The van der Waals surface area contributed by atoms with Crippen LogP contribution in [0.15, 0.2) is 6.07 Å². The molecule has 3 aliphatic rings. The average molecular weight is 515 g/mol. The van der Waals surface area contributed by atoms with E-state index in [-0.39, 0.29) is 27.8 Å². The van der Waals surface area contributed by atoms with Crippen molar-refractivity contribution in [3.8, 4) is 11.8 Å². The van der Waals surface area contributed by atoms with Gasteiger partial charge in [0.15, 0.2) is 0 Å². The average Bonchev–Trinajstić information content (AvgIpc) is 3.48. The Morgan fingerprint density at radius 2 is 1.81 bits per heavy atom.